The Bertz CT molecular complexity index is 89.3. The van der Waals surface area contributed by atoms with Crippen LogP contribution in [0.25, 0.3) is 0 Å². The number of hydrogen-bond acceptors (Lipinski definition) is 2. The van der Waals surface area contributed by atoms with Crippen LogP contribution < -0.4 is 11.5 Å². The van der Waals surface area contributed by atoms with Gasteiger partial charge in [0.2, 0.25) is 0 Å². The molecule has 2 heteroatoms. The Morgan fingerprint density at radius 1 is 1.50 bits per heavy atom. The molecule has 0 fully saturated rings. The van der Waals surface area contributed by atoms with Crippen LogP contribution in [0, 0.1) is 5.92 Å². The lowest BCUT2D eigenvalue weighted by molar-refractivity contribution is 0.355. The van der Waals surface area contributed by atoms with Crippen molar-refractivity contribution in [2.45, 2.75) is 39.2 Å². The molecule has 0 aromatic heterocycles. The molecule has 2 atom stereocenters. The zero-order chi connectivity index (χ0) is 8.20. The van der Waals surface area contributed by atoms with Crippen molar-refractivity contribution in [3.63, 3.8) is 0 Å². The van der Waals surface area contributed by atoms with Gasteiger partial charge in [-0.3, -0.25) is 0 Å². The number of hydrogen-bond donors (Lipinski definition) is 2. The second-order valence-corrected chi connectivity index (χ2v) is 3.58. The minimum absolute atomic E-state index is 0.157. The number of rotatable bonds is 4. The van der Waals surface area contributed by atoms with Gasteiger partial charge in [-0.2, -0.15) is 0 Å². The summed E-state index contributed by atoms with van der Waals surface area (Å²) in [4.78, 5) is 0. The van der Waals surface area contributed by atoms with Gasteiger partial charge in [-0.1, -0.05) is 20.3 Å². The average molecular weight is 144 g/mol. The van der Waals surface area contributed by atoms with Gasteiger partial charge >= 0.3 is 0 Å². The topological polar surface area (TPSA) is 52.0 Å². The largest absolute Gasteiger partial charge is 0.329 e. The van der Waals surface area contributed by atoms with Gasteiger partial charge in [0.25, 0.3) is 0 Å². The van der Waals surface area contributed by atoms with Crippen molar-refractivity contribution in [3.05, 3.63) is 0 Å². The van der Waals surface area contributed by atoms with Crippen LogP contribution >= 0.6 is 0 Å². The normalized spacial score (nSPS) is 20.1. The molecule has 0 amide bonds. The summed E-state index contributed by atoms with van der Waals surface area (Å²) in [5.74, 6) is 0.693. The fraction of sp³-hybridized carbons (Fsp3) is 1.00. The molecule has 4 N–H and O–H groups in total. The highest BCUT2D eigenvalue weighted by Gasteiger charge is 2.18. The highest BCUT2D eigenvalue weighted by Crippen LogP contribution is 2.15. The standard InChI is InChI=1S/C8H20N2/c1-4-7(2)5-8(3,10)6-9/h7H,4-6,9-10H2,1-3H3/t7-,8?/m0/s1. The molecule has 0 aliphatic rings. The van der Waals surface area contributed by atoms with Crippen LogP contribution in [-0.2, 0) is 0 Å². The van der Waals surface area contributed by atoms with E-state index in [1.807, 2.05) is 6.92 Å². The molecule has 0 aromatic rings. The van der Waals surface area contributed by atoms with Gasteiger partial charge in [-0.15, -0.1) is 0 Å². The Morgan fingerprint density at radius 2 is 2.00 bits per heavy atom. The van der Waals surface area contributed by atoms with E-state index in [9.17, 15) is 0 Å². The maximum atomic E-state index is 5.87. The summed E-state index contributed by atoms with van der Waals surface area (Å²) in [5.41, 5.74) is 11.2. The molecule has 0 aliphatic heterocycles. The maximum Gasteiger partial charge on any atom is 0.0252 e. The van der Waals surface area contributed by atoms with E-state index in [1.54, 1.807) is 0 Å². The molecule has 0 spiro atoms. The number of nitrogens with two attached hydrogens (primary N) is 2. The molecular formula is C8H20N2. The third-order valence-corrected chi connectivity index (χ3v) is 1.98. The van der Waals surface area contributed by atoms with Gasteiger partial charge in [0.05, 0.1) is 0 Å². The van der Waals surface area contributed by atoms with E-state index >= 15 is 0 Å². The molecule has 10 heavy (non-hydrogen) atoms. The highest BCUT2D eigenvalue weighted by molar-refractivity contribution is 4.80. The average Bonchev–Trinajstić information content (AvgIpc) is 1.87. The predicted molar refractivity (Wildman–Crippen MR) is 45.7 cm³/mol. The molecule has 62 valence electrons. The van der Waals surface area contributed by atoms with Gasteiger partial charge < -0.3 is 11.5 Å². The van der Waals surface area contributed by atoms with Gasteiger partial charge in [0, 0.05) is 12.1 Å². The first-order valence-electron chi connectivity index (χ1n) is 4.00. The summed E-state index contributed by atoms with van der Waals surface area (Å²) in [6.45, 7) is 6.98. The van der Waals surface area contributed by atoms with Crippen LogP contribution in [-0.4, -0.2) is 12.1 Å². The van der Waals surface area contributed by atoms with E-state index < -0.39 is 0 Å². The van der Waals surface area contributed by atoms with Crippen molar-refractivity contribution in [2.75, 3.05) is 6.54 Å². The minimum atomic E-state index is -0.157. The Labute approximate surface area is 64.0 Å². The van der Waals surface area contributed by atoms with Crippen LogP contribution in [0.4, 0.5) is 0 Å². The highest BCUT2D eigenvalue weighted by atomic mass is 14.8. The maximum absolute atomic E-state index is 5.87. The van der Waals surface area contributed by atoms with Crippen molar-refractivity contribution in [1.29, 1.82) is 0 Å². The van der Waals surface area contributed by atoms with Crippen LogP contribution in [0.5, 0.6) is 0 Å². The van der Waals surface area contributed by atoms with E-state index in [0.29, 0.717) is 12.5 Å². The van der Waals surface area contributed by atoms with E-state index in [-0.39, 0.29) is 5.54 Å². The minimum Gasteiger partial charge on any atom is -0.329 e. The first-order valence-corrected chi connectivity index (χ1v) is 4.00. The Hall–Kier alpha value is -0.0800. The quantitative estimate of drug-likeness (QED) is 0.620. The summed E-state index contributed by atoms with van der Waals surface area (Å²) in [7, 11) is 0. The molecule has 0 saturated carbocycles. The molecule has 0 radical (unpaired) electrons. The predicted octanol–water partition coefficient (Wildman–Crippen LogP) is 1.10. The Balaban J connectivity index is 3.64. The Kier molecular flexibility index (Phi) is 3.91. The second kappa shape index (κ2) is 3.94. The molecule has 0 rings (SSSR count). The van der Waals surface area contributed by atoms with Gasteiger partial charge in [0.15, 0.2) is 0 Å². The lowest BCUT2D eigenvalue weighted by atomic mass is 9.90. The van der Waals surface area contributed by atoms with E-state index in [2.05, 4.69) is 13.8 Å². The van der Waals surface area contributed by atoms with E-state index in [0.717, 1.165) is 6.42 Å². The second-order valence-electron chi connectivity index (χ2n) is 3.58. The SMILES string of the molecule is CC[C@H](C)CC(C)(N)CN. The molecule has 0 aromatic carbocycles. The summed E-state index contributed by atoms with van der Waals surface area (Å²) in [6.07, 6.45) is 2.22. The first kappa shape index (κ1) is 9.92. The third-order valence-electron chi connectivity index (χ3n) is 1.98. The van der Waals surface area contributed by atoms with Gasteiger partial charge in [-0.05, 0) is 19.3 Å². The molecule has 1 unspecified atom stereocenters. The van der Waals surface area contributed by atoms with Crippen molar-refractivity contribution in [3.8, 4) is 0 Å². The van der Waals surface area contributed by atoms with Gasteiger partial charge in [0.1, 0.15) is 0 Å². The molecule has 0 bridgehead atoms. The Morgan fingerprint density at radius 3 is 2.30 bits per heavy atom. The summed E-state index contributed by atoms with van der Waals surface area (Å²) >= 11 is 0. The molecule has 0 saturated heterocycles. The van der Waals surface area contributed by atoms with Crippen LogP contribution in [0.1, 0.15) is 33.6 Å². The van der Waals surface area contributed by atoms with Crippen LogP contribution in [0.3, 0.4) is 0 Å². The van der Waals surface area contributed by atoms with Crippen molar-refractivity contribution in [1.82, 2.24) is 0 Å². The summed E-state index contributed by atoms with van der Waals surface area (Å²) < 4.78 is 0. The molecule has 0 heterocycles. The molecule has 2 nitrogen and oxygen atoms in total. The zero-order valence-corrected chi connectivity index (χ0v) is 7.35. The zero-order valence-electron chi connectivity index (χ0n) is 7.35. The van der Waals surface area contributed by atoms with Crippen molar-refractivity contribution in [2.24, 2.45) is 17.4 Å². The fourth-order valence-electron chi connectivity index (χ4n) is 1.02. The first-order chi connectivity index (χ1) is 4.52. The van der Waals surface area contributed by atoms with Gasteiger partial charge in [-0.25, -0.2) is 0 Å². The van der Waals surface area contributed by atoms with E-state index in [1.165, 1.54) is 6.42 Å². The van der Waals surface area contributed by atoms with Crippen molar-refractivity contribution >= 4 is 0 Å². The monoisotopic (exact) mass is 144 g/mol. The van der Waals surface area contributed by atoms with Crippen LogP contribution in [0.15, 0.2) is 0 Å². The third kappa shape index (κ3) is 3.85. The lowest BCUT2D eigenvalue weighted by Gasteiger charge is -2.25. The summed E-state index contributed by atoms with van der Waals surface area (Å²) in [5, 5.41) is 0. The summed E-state index contributed by atoms with van der Waals surface area (Å²) in [6, 6.07) is 0. The van der Waals surface area contributed by atoms with E-state index in [4.69, 9.17) is 11.5 Å². The van der Waals surface area contributed by atoms with Crippen molar-refractivity contribution < 1.29 is 0 Å². The smallest absolute Gasteiger partial charge is 0.0252 e. The lowest BCUT2D eigenvalue weighted by Crippen LogP contribution is -2.45. The van der Waals surface area contributed by atoms with Crippen LogP contribution in [0.2, 0.25) is 0 Å². The molecule has 0 aliphatic carbocycles. The fourth-order valence-corrected chi connectivity index (χ4v) is 1.02. The molecular weight excluding hydrogens is 124 g/mol.